The first-order valence-electron chi connectivity index (χ1n) is 13.1. The molecule has 1 aliphatic heterocycles. The van der Waals surface area contributed by atoms with Crippen molar-refractivity contribution in [3.8, 4) is 11.5 Å². The largest absolute Gasteiger partial charge is 0.497 e. The van der Waals surface area contributed by atoms with Gasteiger partial charge in [-0.2, -0.15) is 4.98 Å². The number of rotatable bonds is 7. The van der Waals surface area contributed by atoms with Crippen molar-refractivity contribution in [1.82, 2.24) is 9.97 Å². The molecule has 39 heavy (non-hydrogen) atoms. The number of methoxy groups -OCH3 is 2. The minimum absolute atomic E-state index is 0.0167. The summed E-state index contributed by atoms with van der Waals surface area (Å²) in [6.45, 7) is 3.16. The molecule has 1 fully saturated rings. The van der Waals surface area contributed by atoms with E-state index in [1.807, 2.05) is 48.5 Å². The number of benzene rings is 2. The number of ketones is 1. The molecule has 4 aromatic rings. The minimum Gasteiger partial charge on any atom is -0.497 e. The standard InChI is InChI=1S/C30H31N5O4/c1-37-23-10-8-21(9-11-23)31-29-28-25(17-20(18-26(28)36)27-7-4-16-39-27)32-30(33-29)35-14-12-34(13-15-35)22-5-3-6-24(19-22)38-2/h3-11,16,19-20H,12-15,17-18H2,1-2H3,(H,31,32,33). The normalized spacial score (nSPS) is 17.1. The van der Waals surface area contributed by atoms with Crippen LogP contribution in [0, 0.1) is 0 Å². The van der Waals surface area contributed by atoms with Gasteiger partial charge in [-0.05, 0) is 48.5 Å². The molecule has 0 amide bonds. The summed E-state index contributed by atoms with van der Waals surface area (Å²) in [6.07, 6.45) is 2.63. The van der Waals surface area contributed by atoms with E-state index >= 15 is 0 Å². The number of aromatic nitrogens is 2. The van der Waals surface area contributed by atoms with Gasteiger partial charge >= 0.3 is 0 Å². The van der Waals surface area contributed by atoms with E-state index in [-0.39, 0.29) is 11.7 Å². The second kappa shape index (κ2) is 10.7. The van der Waals surface area contributed by atoms with Crippen LogP contribution in [0.4, 0.5) is 23.1 Å². The van der Waals surface area contributed by atoms with Gasteiger partial charge in [0, 0.05) is 62.4 Å². The maximum atomic E-state index is 13.4. The van der Waals surface area contributed by atoms with Gasteiger partial charge in [-0.15, -0.1) is 0 Å². The predicted octanol–water partition coefficient (Wildman–Crippen LogP) is 5.07. The summed E-state index contributed by atoms with van der Waals surface area (Å²) in [5, 5.41) is 3.39. The molecular formula is C30H31N5O4. The summed E-state index contributed by atoms with van der Waals surface area (Å²) in [5.74, 6) is 3.56. The molecular weight excluding hydrogens is 494 g/mol. The van der Waals surface area contributed by atoms with Crippen molar-refractivity contribution in [2.75, 3.05) is 55.5 Å². The van der Waals surface area contributed by atoms with E-state index in [9.17, 15) is 4.79 Å². The second-order valence-electron chi connectivity index (χ2n) is 9.77. The van der Waals surface area contributed by atoms with Crippen LogP contribution in [0.1, 0.15) is 34.2 Å². The number of Topliss-reactive ketones (excluding diaryl/α,β-unsaturated/α-hetero) is 1. The van der Waals surface area contributed by atoms with Crippen molar-refractivity contribution in [3.63, 3.8) is 0 Å². The lowest BCUT2D eigenvalue weighted by Crippen LogP contribution is -2.47. The van der Waals surface area contributed by atoms with Crippen molar-refractivity contribution in [2.24, 2.45) is 0 Å². The van der Waals surface area contributed by atoms with Gasteiger partial charge in [0.2, 0.25) is 5.95 Å². The molecule has 1 saturated heterocycles. The average Bonchev–Trinajstić information content (AvgIpc) is 3.53. The first-order chi connectivity index (χ1) is 19.1. The zero-order chi connectivity index (χ0) is 26.8. The van der Waals surface area contributed by atoms with E-state index < -0.39 is 0 Å². The van der Waals surface area contributed by atoms with Crippen molar-refractivity contribution in [2.45, 2.75) is 18.8 Å². The molecule has 2 aromatic heterocycles. The minimum atomic E-state index is -0.0403. The maximum Gasteiger partial charge on any atom is 0.227 e. The molecule has 2 aliphatic rings. The van der Waals surface area contributed by atoms with Crippen LogP contribution in [0.2, 0.25) is 0 Å². The van der Waals surface area contributed by atoms with Gasteiger partial charge in [0.1, 0.15) is 23.1 Å². The van der Waals surface area contributed by atoms with Crippen LogP contribution >= 0.6 is 0 Å². The number of hydrogen-bond acceptors (Lipinski definition) is 9. The SMILES string of the molecule is COc1ccc(Nc2nc(N3CCN(c4cccc(OC)c4)CC3)nc3c2C(=O)CC(c2ccco2)C3)cc1. The smallest absolute Gasteiger partial charge is 0.227 e. The van der Waals surface area contributed by atoms with Gasteiger partial charge in [-0.25, -0.2) is 4.98 Å². The Morgan fingerprint density at radius 1 is 0.872 bits per heavy atom. The van der Waals surface area contributed by atoms with Crippen LogP contribution in [-0.2, 0) is 6.42 Å². The lowest BCUT2D eigenvalue weighted by molar-refractivity contribution is 0.0959. The van der Waals surface area contributed by atoms with Crippen LogP contribution in [0.15, 0.2) is 71.3 Å². The number of nitrogens with one attached hydrogen (secondary N) is 1. The van der Waals surface area contributed by atoms with Gasteiger partial charge in [0.05, 0.1) is 31.7 Å². The Kier molecular flexibility index (Phi) is 6.79. The first-order valence-corrected chi connectivity index (χ1v) is 13.1. The summed E-state index contributed by atoms with van der Waals surface area (Å²) >= 11 is 0. The Morgan fingerprint density at radius 2 is 1.64 bits per heavy atom. The highest BCUT2D eigenvalue weighted by atomic mass is 16.5. The number of nitrogens with zero attached hydrogens (tertiary/aromatic N) is 4. The highest BCUT2D eigenvalue weighted by Gasteiger charge is 2.33. The fourth-order valence-electron chi connectivity index (χ4n) is 5.31. The molecule has 1 aliphatic carbocycles. The molecule has 0 bridgehead atoms. The third kappa shape index (κ3) is 5.12. The van der Waals surface area contributed by atoms with Crippen molar-refractivity contribution in [3.05, 3.63) is 83.9 Å². The summed E-state index contributed by atoms with van der Waals surface area (Å²) in [5.41, 5.74) is 3.27. The Labute approximate surface area is 227 Å². The van der Waals surface area contributed by atoms with Crippen LogP contribution in [0.5, 0.6) is 11.5 Å². The van der Waals surface area contributed by atoms with Gasteiger partial charge in [0.15, 0.2) is 5.78 Å². The van der Waals surface area contributed by atoms with E-state index in [0.29, 0.717) is 30.2 Å². The second-order valence-corrected chi connectivity index (χ2v) is 9.77. The molecule has 200 valence electrons. The van der Waals surface area contributed by atoms with Crippen LogP contribution in [0.3, 0.4) is 0 Å². The molecule has 1 unspecified atom stereocenters. The third-order valence-corrected chi connectivity index (χ3v) is 7.40. The number of ether oxygens (including phenoxy) is 2. The van der Waals surface area contributed by atoms with Crippen molar-refractivity contribution >= 4 is 28.9 Å². The van der Waals surface area contributed by atoms with E-state index in [2.05, 4.69) is 27.2 Å². The maximum absolute atomic E-state index is 13.4. The topological polar surface area (TPSA) is 93.0 Å². The number of piperazine rings is 1. The number of anilines is 4. The lowest BCUT2D eigenvalue weighted by atomic mass is 9.84. The first kappa shape index (κ1) is 24.8. The molecule has 2 aromatic carbocycles. The number of carbonyl (C=O) groups excluding carboxylic acids is 1. The molecule has 1 atom stereocenters. The van der Waals surface area contributed by atoms with Crippen LogP contribution in [-0.4, -0.2) is 56.1 Å². The monoisotopic (exact) mass is 525 g/mol. The number of fused-ring (bicyclic) bond motifs is 1. The number of furan rings is 1. The zero-order valence-electron chi connectivity index (χ0n) is 22.1. The summed E-state index contributed by atoms with van der Waals surface area (Å²) in [4.78, 5) is 27.8. The zero-order valence-corrected chi connectivity index (χ0v) is 22.1. The average molecular weight is 526 g/mol. The molecule has 0 spiro atoms. The van der Waals surface area contributed by atoms with Gasteiger partial charge in [-0.1, -0.05) is 6.07 Å². The summed E-state index contributed by atoms with van der Waals surface area (Å²) < 4.78 is 16.3. The van der Waals surface area contributed by atoms with E-state index in [1.54, 1.807) is 20.5 Å². The Morgan fingerprint density at radius 3 is 2.36 bits per heavy atom. The van der Waals surface area contributed by atoms with Crippen molar-refractivity contribution in [1.29, 1.82) is 0 Å². The highest BCUT2D eigenvalue weighted by Crippen LogP contribution is 2.37. The molecule has 1 N–H and O–H groups in total. The molecule has 3 heterocycles. The summed E-state index contributed by atoms with van der Waals surface area (Å²) in [6, 6.07) is 19.5. The molecule has 0 saturated carbocycles. The molecule has 9 heteroatoms. The molecule has 6 rings (SSSR count). The third-order valence-electron chi connectivity index (χ3n) is 7.40. The quantitative estimate of drug-likeness (QED) is 0.355. The molecule has 9 nitrogen and oxygen atoms in total. The fourth-order valence-corrected chi connectivity index (χ4v) is 5.31. The number of hydrogen-bond donors (Lipinski definition) is 1. The predicted molar refractivity (Wildman–Crippen MR) is 150 cm³/mol. The molecule has 0 radical (unpaired) electrons. The van der Waals surface area contributed by atoms with E-state index in [1.165, 1.54) is 0 Å². The summed E-state index contributed by atoms with van der Waals surface area (Å²) in [7, 11) is 3.32. The van der Waals surface area contributed by atoms with Gasteiger partial charge < -0.3 is 29.0 Å². The lowest BCUT2D eigenvalue weighted by Gasteiger charge is -2.36. The number of carbonyl (C=O) groups is 1. The van der Waals surface area contributed by atoms with E-state index in [4.69, 9.17) is 23.9 Å². The van der Waals surface area contributed by atoms with E-state index in [0.717, 1.165) is 60.5 Å². The fraction of sp³-hybridized carbons (Fsp3) is 0.300. The van der Waals surface area contributed by atoms with Crippen molar-refractivity contribution < 1.29 is 18.7 Å². The highest BCUT2D eigenvalue weighted by molar-refractivity contribution is 6.03. The van der Waals surface area contributed by atoms with Crippen LogP contribution in [0.25, 0.3) is 0 Å². The Hall–Kier alpha value is -4.53. The van der Waals surface area contributed by atoms with Gasteiger partial charge in [0.25, 0.3) is 0 Å². The van der Waals surface area contributed by atoms with Crippen LogP contribution < -0.4 is 24.6 Å². The van der Waals surface area contributed by atoms with Gasteiger partial charge in [-0.3, -0.25) is 4.79 Å². The Bertz CT molecular complexity index is 1450. The Balaban J connectivity index is 1.30.